The minimum atomic E-state index is -0.527. The van der Waals surface area contributed by atoms with Gasteiger partial charge in [-0.1, -0.05) is 12.1 Å². The number of ether oxygens (including phenoxy) is 1. The molecule has 0 unspecified atom stereocenters. The first-order valence-corrected chi connectivity index (χ1v) is 5.71. The lowest BCUT2D eigenvalue weighted by atomic mass is 10.1. The SMILES string of the molecule is CCOC(=O)c1cnc(N)nc1-c1cccc(O)c1. The summed E-state index contributed by atoms with van der Waals surface area (Å²) in [4.78, 5) is 19.7. The van der Waals surface area contributed by atoms with Crippen molar-refractivity contribution in [1.82, 2.24) is 9.97 Å². The van der Waals surface area contributed by atoms with Crippen molar-refractivity contribution in [3.63, 3.8) is 0 Å². The molecule has 1 aromatic heterocycles. The highest BCUT2D eigenvalue weighted by atomic mass is 16.5. The van der Waals surface area contributed by atoms with Gasteiger partial charge in [0.25, 0.3) is 0 Å². The molecule has 2 aromatic rings. The summed E-state index contributed by atoms with van der Waals surface area (Å²) in [5, 5.41) is 9.49. The lowest BCUT2D eigenvalue weighted by molar-refractivity contribution is 0.0526. The van der Waals surface area contributed by atoms with E-state index in [0.717, 1.165) is 0 Å². The van der Waals surface area contributed by atoms with Gasteiger partial charge in [-0.25, -0.2) is 14.8 Å². The van der Waals surface area contributed by atoms with Gasteiger partial charge in [-0.3, -0.25) is 0 Å². The predicted octanol–water partition coefficient (Wildman–Crippen LogP) is 1.61. The summed E-state index contributed by atoms with van der Waals surface area (Å²) >= 11 is 0. The second-order valence-electron chi connectivity index (χ2n) is 3.76. The summed E-state index contributed by atoms with van der Waals surface area (Å²) in [6.07, 6.45) is 1.32. The van der Waals surface area contributed by atoms with E-state index in [1.165, 1.54) is 18.3 Å². The number of nitrogens with two attached hydrogens (primary N) is 1. The Morgan fingerprint density at radius 2 is 2.26 bits per heavy atom. The van der Waals surface area contributed by atoms with E-state index in [-0.39, 0.29) is 23.9 Å². The normalized spacial score (nSPS) is 10.2. The van der Waals surface area contributed by atoms with Crippen LogP contribution in [0.4, 0.5) is 5.95 Å². The monoisotopic (exact) mass is 259 g/mol. The second-order valence-corrected chi connectivity index (χ2v) is 3.76. The molecule has 0 saturated heterocycles. The molecule has 3 N–H and O–H groups in total. The first-order chi connectivity index (χ1) is 9.11. The van der Waals surface area contributed by atoms with Crippen LogP contribution in [0, 0.1) is 0 Å². The molecule has 19 heavy (non-hydrogen) atoms. The third kappa shape index (κ3) is 2.79. The number of hydrogen-bond donors (Lipinski definition) is 2. The van der Waals surface area contributed by atoms with Crippen molar-refractivity contribution >= 4 is 11.9 Å². The van der Waals surface area contributed by atoms with Gasteiger partial charge in [0.15, 0.2) is 0 Å². The standard InChI is InChI=1S/C13H13N3O3/c1-2-19-12(18)10-7-15-13(14)16-11(10)8-4-3-5-9(17)6-8/h3-7,17H,2H2,1H3,(H2,14,15,16). The Balaban J connectivity index is 2.54. The number of phenolic OH excluding ortho intramolecular Hbond substituents is 1. The third-order valence-electron chi connectivity index (χ3n) is 2.42. The maximum Gasteiger partial charge on any atom is 0.341 e. The molecule has 0 saturated carbocycles. The Hall–Kier alpha value is -2.63. The maximum absolute atomic E-state index is 11.8. The fourth-order valence-corrected chi connectivity index (χ4v) is 1.63. The Morgan fingerprint density at radius 3 is 2.95 bits per heavy atom. The zero-order chi connectivity index (χ0) is 13.8. The van der Waals surface area contributed by atoms with E-state index in [2.05, 4.69) is 9.97 Å². The third-order valence-corrected chi connectivity index (χ3v) is 2.42. The summed E-state index contributed by atoms with van der Waals surface area (Å²) in [6, 6.07) is 6.38. The quantitative estimate of drug-likeness (QED) is 0.812. The number of aromatic nitrogens is 2. The topological polar surface area (TPSA) is 98.3 Å². The van der Waals surface area contributed by atoms with Gasteiger partial charge in [-0.05, 0) is 19.1 Å². The van der Waals surface area contributed by atoms with Crippen LogP contribution >= 0.6 is 0 Å². The lowest BCUT2D eigenvalue weighted by Crippen LogP contribution is -2.10. The Kier molecular flexibility index (Phi) is 3.61. The number of carbonyl (C=O) groups excluding carboxylic acids is 1. The van der Waals surface area contributed by atoms with Crippen LogP contribution < -0.4 is 5.73 Å². The number of anilines is 1. The molecular weight excluding hydrogens is 246 g/mol. The van der Waals surface area contributed by atoms with Crippen molar-refractivity contribution in [2.75, 3.05) is 12.3 Å². The van der Waals surface area contributed by atoms with E-state index >= 15 is 0 Å². The first kappa shape index (κ1) is 12.8. The zero-order valence-corrected chi connectivity index (χ0v) is 10.3. The highest BCUT2D eigenvalue weighted by Crippen LogP contribution is 2.25. The van der Waals surface area contributed by atoms with Crippen LogP contribution in [-0.2, 0) is 4.74 Å². The van der Waals surface area contributed by atoms with Crippen LogP contribution in [0.25, 0.3) is 11.3 Å². The Bertz CT molecular complexity index is 614. The van der Waals surface area contributed by atoms with Crippen molar-refractivity contribution in [3.8, 4) is 17.0 Å². The van der Waals surface area contributed by atoms with Crippen molar-refractivity contribution in [3.05, 3.63) is 36.0 Å². The molecule has 1 heterocycles. The molecule has 0 aliphatic rings. The highest BCUT2D eigenvalue weighted by Gasteiger charge is 2.17. The number of rotatable bonds is 3. The smallest absolute Gasteiger partial charge is 0.341 e. The number of esters is 1. The van der Waals surface area contributed by atoms with Crippen LogP contribution in [0.5, 0.6) is 5.75 Å². The molecule has 6 nitrogen and oxygen atoms in total. The van der Waals surface area contributed by atoms with Gasteiger partial charge >= 0.3 is 5.97 Å². The van der Waals surface area contributed by atoms with E-state index in [0.29, 0.717) is 11.3 Å². The molecule has 0 atom stereocenters. The van der Waals surface area contributed by atoms with Gasteiger partial charge in [0.05, 0.1) is 12.3 Å². The summed E-state index contributed by atoms with van der Waals surface area (Å²) in [5.74, 6) is -0.406. The number of hydrogen-bond acceptors (Lipinski definition) is 6. The van der Waals surface area contributed by atoms with Crippen LogP contribution in [0.15, 0.2) is 30.5 Å². The summed E-state index contributed by atoms with van der Waals surface area (Å²) in [7, 11) is 0. The van der Waals surface area contributed by atoms with E-state index in [9.17, 15) is 9.90 Å². The molecule has 98 valence electrons. The van der Waals surface area contributed by atoms with Gasteiger partial charge in [0, 0.05) is 11.8 Å². The van der Waals surface area contributed by atoms with Crippen molar-refractivity contribution < 1.29 is 14.6 Å². The van der Waals surface area contributed by atoms with Crippen LogP contribution in [0.3, 0.4) is 0 Å². The average Bonchev–Trinajstić information content (AvgIpc) is 2.39. The first-order valence-electron chi connectivity index (χ1n) is 5.71. The van der Waals surface area contributed by atoms with Gasteiger partial charge in [-0.15, -0.1) is 0 Å². The number of phenols is 1. The summed E-state index contributed by atoms with van der Waals surface area (Å²) in [6.45, 7) is 1.97. The van der Waals surface area contributed by atoms with Crippen molar-refractivity contribution in [2.45, 2.75) is 6.92 Å². The molecule has 2 rings (SSSR count). The zero-order valence-electron chi connectivity index (χ0n) is 10.3. The predicted molar refractivity (Wildman–Crippen MR) is 69.5 cm³/mol. The molecule has 0 aliphatic carbocycles. The number of aromatic hydroxyl groups is 1. The van der Waals surface area contributed by atoms with E-state index in [1.54, 1.807) is 19.1 Å². The fraction of sp³-hybridized carbons (Fsp3) is 0.154. The van der Waals surface area contributed by atoms with Gasteiger partial charge in [0.2, 0.25) is 5.95 Å². The van der Waals surface area contributed by atoms with Gasteiger partial charge < -0.3 is 15.6 Å². The molecule has 0 aliphatic heterocycles. The second kappa shape index (κ2) is 5.34. The Morgan fingerprint density at radius 1 is 1.47 bits per heavy atom. The van der Waals surface area contributed by atoms with E-state index < -0.39 is 5.97 Å². The van der Waals surface area contributed by atoms with Crippen LogP contribution in [0.1, 0.15) is 17.3 Å². The van der Waals surface area contributed by atoms with Crippen LogP contribution in [-0.4, -0.2) is 27.7 Å². The van der Waals surface area contributed by atoms with Crippen LogP contribution in [0.2, 0.25) is 0 Å². The lowest BCUT2D eigenvalue weighted by Gasteiger charge is -2.08. The highest BCUT2D eigenvalue weighted by molar-refractivity contribution is 5.96. The molecule has 0 amide bonds. The number of benzene rings is 1. The van der Waals surface area contributed by atoms with E-state index in [1.807, 2.05) is 0 Å². The van der Waals surface area contributed by atoms with Crippen molar-refractivity contribution in [1.29, 1.82) is 0 Å². The minimum absolute atomic E-state index is 0.0476. The fourth-order valence-electron chi connectivity index (χ4n) is 1.63. The molecule has 0 spiro atoms. The molecule has 0 radical (unpaired) electrons. The average molecular weight is 259 g/mol. The molecule has 6 heteroatoms. The largest absolute Gasteiger partial charge is 0.508 e. The number of carbonyl (C=O) groups is 1. The molecule has 1 aromatic carbocycles. The molecule has 0 bridgehead atoms. The van der Waals surface area contributed by atoms with Gasteiger partial charge in [0.1, 0.15) is 11.3 Å². The minimum Gasteiger partial charge on any atom is -0.508 e. The summed E-state index contributed by atoms with van der Waals surface area (Å²) in [5.41, 5.74) is 6.65. The number of nitrogen functional groups attached to an aromatic ring is 1. The molecular formula is C13H13N3O3. The molecule has 0 fully saturated rings. The summed E-state index contributed by atoms with van der Waals surface area (Å²) < 4.78 is 4.94. The maximum atomic E-state index is 11.8. The van der Waals surface area contributed by atoms with E-state index in [4.69, 9.17) is 10.5 Å². The Labute approximate surface area is 109 Å². The van der Waals surface area contributed by atoms with Gasteiger partial charge in [-0.2, -0.15) is 0 Å². The number of nitrogens with zero attached hydrogens (tertiary/aromatic N) is 2. The van der Waals surface area contributed by atoms with Crippen molar-refractivity contribution in [2.24, 2.45) is 0 Å².